The van der Waals surface area contributed by atoms with Crippen LogP contribution in [0.1, 0.15) is 25.0 Å². The van der Waals surface area contributed by atoms with Gasteiger partial charge in [0, 0.05) is 11.0 Å². The molecule has 2 nitrogen and oxygen atoms in total. The van der Waals surface area contributed by atoms with Crippen LogP contribution in [0.2, 0.25) is 0 Å². The summed E-state index contributed by atoms with van der Waals surface area (Å²) in [7, 11) is 0. The Hall–Kier alpha value is -3.91. The molecule has 1 aromatic heterocycles. The molecular formula is C31H22NO+. The van der Waals surface area contributed by atoms with Gasteiger partial charge in [-0.1, -0.05) is 86.6 Å². The molecule has 0 unspecified atom stereocenters. The molecule has 0 spiro atoms. The maximum atomic E-state index is 6.44. The molecule has 0 radical (unpaired) electrons. The van der Waals surface area contributed by atoms with Gasteiger partial charge in [-0.3, -0.25) is 0 Å². The van der Waals surface area contributed by atoms with Gasteiger partial charge in [-0.05, 0) is 49.3 Å². The first-order chi connectivity index (χ1) is 16.1. The molecule has 0 N–H and O–H groups in total. The van der Waals surface area contributed by atoms with Crippen molar-refractivity contribution >= 4 is 43.1 Å². The number of nitrogens with zero attached hydrogens (tertiary/aromatic N) is 1. The van der Waals surface area contributed by atoms with Gasteiger partial charge in [0.1, 0.15) is 5.75 Å². The normalized spacial score (nSPS) is 15.3. The Bertz CT molecular complexity index is 1710. The highest BCUT2D eigenvalue weighted by Crippen LogP contribution is 2.57. The van der Waals surface area contributed by atoms with E-state index in [0.717, 1.165) is 5.75 Å². The summed E-state index contributed by atoms with van der Waals surface area (Å²) in [5.74, 6) is 1.01. The van der Waals surface area contributed by atoms with E-state index in [1.807, 2.05) is 0 Å². The Morgan fingerprint density at radius 1 is 0.667 bits per heavy atom. The number of aromatic nitrogens is 1. The Balaban J connectivity index is 1.58. The van der Waals surface area contributed by atoms with Crippen molar-refractivity contribution in [3.05, 3.63) is 96.2 Å². The minimum Gasteiger partial charge on any atom is -0.435 e. The van der Waals surface area contributed by atoms with E-state index in [4.69, 9.17) is 4.74 Å². The second-order valence-electron chi connectivity index (χ2n) is 9.98. The lowest BCUT2D eigenvalue weighted by Gasteiger charge is -2.23. The Morgan fingerprint density at radius 2 is 1.30 bits per heavy atom. The van der Waals surface area contributed by atoms with Crippen molar-refractivity contribution in [2.75, 3.05) is 0 Å². The molecule has 0 amide bonds. The predicted octanol–water partition coefficient (Wildman–Crippen LogP) is 7.24. The summed E-state index contributed by atoms with van der Waals surface area (Å²) in [6, 6.07) is 28.8. The van der Waals surface area contributed by atoms with Crippen molar-refractivity contribution in [3.8, 4) is 17.0 Å². The first-order valence-corrected chi connectivity index (χ1v) is 11.6. The van der Waals surface area contributed by atoms with Crippen LogP contribution in [0.5, 0.6) is 5.75 Å². The van der Waals surface area contributed by atoms with Gasteiger partial charge in [0.2, 0.25) is 5.69 Å². The smallest absolute Gasteiger partial charge is 0.292 e. The average Bonchev–Trinajstić information content (AvgIpc) is 3.11. The Morgan fingerprint density at radius 3 is 2.03 bits per heavy atom. The Kier molecular flexibility index (Phi) is 3.05. The first-order valence-electron chi connectivity index (χ1n) is 11.6. The molecule has 1 aliphatic carbocycles. The van der Waals surface area contributed by atoms with Crippen molar-refractivity contribution in [1.29, 1.82) is 0 Å². The van der Waals surface area contributed by atoms with Crippen LogP contribution >= 0.6 is 0 Å². The van der Waals surface area contributed by atoms with Crippen LogP contribution in [-0.2, 0) is 12.1 Å². The van der Waals surface area contributed by atoms with Gasteiger partial charge in [-0.2, -0.15) is 4.57 Å². The van der Waals surface area contributed by atoms with Crippen LogP contribution in [0.15, 0.2) is 85.1 Å². The van der Waals surface area contributed by atoms with Crippen LogP contribution < -0.4 is 9.30 Å². The van der Waals surface area contributed by atoms with Crippen LogP contribution in [0.25, 0.3) is 54.3 Å². The standard InChI is InChI=1S/C31H22NO/c1-31(2)28-22-13-11-18-7-3-5-9-20(18)24(22)15-26-27(28)30-29(31)23-14-12-19-8-4-6-10-21(19)25(23)16-32(30)17-33-26/h3-16H,17H2,1-2H3/q+1. The summed E-state index contributed by atoms with van der Waals surface area (Å²) in [5.41, 5.74) is 5.28. The molecule has 2 heterocycles. The number of benzene rings is 5. The van der Waals surface area contributed by atoms with E-state index < -0.39 is 0 Å². The van der Waals surface area contributed by atoms with Crippen LogP contribution in [0.4, 0.5) is 0 Å². The van der Waals surface area contributed by atoms with E-state index >= 15 is 0 Å². The zero-order valence-corrected chi connectivity index (χ0v) is 18.6. The first kappa shape index (κ1) is 17.6. The zero-order chi connectivity index (χ0) is 21.9. The van der Waals surface area contributed by atoms with Crippen LogP contribution in [-0.4, -0.2) is 0 Å². The van der Waals surface area contributed by atoms with Crippen molar-refractivity contribution in [1.82, 2.24) is 0 Å². The molecule has 0 saturated heterocycles. The van der Waals surface area contributed by atoms with Crippen molar-refractivity contribution in [2.45, 2.75) is 26.0 Å². The summed E-state index contributed by atoms with van der Waals surface area (Å²) < 4.78 is 8.77. The molecule has 1 aliphatic heterocycles. The highest BCUT2D eigenvalue weighted by atomic mass is 16.5. The lowest BCUT2D eigenvalue weighted by molar-refractivity contribution is -0.716. The fraction of sp³-hybridized carbons (Fsp3) is 0.129. The average molecular weight is 425 g/mol. The van der Waals surface area contributed by atoms with Crippen molar-refractivity contribution in [2.24, 2.45) is 0 Å². The number of rotatable bonds is 0. The number of ether oxygens (including phenoxy) is 1. The van der Waals surface area contributed by atoms with Gasteiger partial charge < -0.3 is 4.74 Å². The number of fused-ring (bicyclic) bond motifs is 8. The van der Waals surface area contributed by atoms with Crippen LogP contribution in [0, 0.1) is 0 Å². The third-order valence-corrected chi connectivity index (χ3v) is 7.91. The minimum absolute atomic E-state index is 0.140. The number of pyridine rings is 1. The SMILES string of the molecule is CC1(C)c2c3c(cc4c2ccc2ccccc24)OC[n+]2cc4c(ccc5ccccc54)c1c2-3. The molecule has 5 aromatic carbocycles. The third kappa shape index (κ3) is 2.03. The van der Waals surface area contributed by atoms with E-state index in [2.05, 4.69) is 103 Å². The van der Waals surface area contributed by atoms with Crippen molar-refractivity contribution < 1.29 is 9.30 Å². The van der Waals surface area contributed by atoms with E-state index in [1.54, 1.807) is 0 Å². The fourth-order valence-corrected chi connectivity index (χ4v) is 6.54. The summed E-state index contributed by atoms with van der Waals surface area (Å²) in [6.45, 7) is 5.32. The lowest BCUT2D eigenvalue weighted by atomic mass is 9.78. The molecule has 6 aromatic rings. The molecule has 0 fully saturated rings. The highest BCUT2D eigenvalue weighted by Gasteiger charge is 2.48. The number of hydrogen-bond acceptors (Lipinski definition) is 1. The second-order valence-corrected chi connectivity index (χ2v) is 9.98. The van der Waals surface area contributed by atoms with Gasteiger partial charge in [0.15, 0.2) is 6.20 Å². The maximum Gasteiger partial charge on any atom is 0.292 e. The molecule has 0 saturated carbocycles. The molecule has 2 heteroatoms. The second kappa shape index (κ2) is 5.71. The topological polar surface area (TPSA) is 13.1 Å². The molecular weight excluding hydrogens is 402 g/mol. The molecule has 2 aliphatic rings. The molecule has 0 atom stereocenters. The highest BCUT2D eigenvalue weighted by molar-refractivity contribution is 6.15. The monoisotopic (exact) mass is 424 g/mol. The number of hydrogen-bond donors (Lipinski definition) is 0. The van der Waals surface area contributed by atoms with Gasteiger partial charge in [0.25, 0.3) is 6.73 Å². The van der Waals surface area contributed by atoms with Gasteiger partial charge in [-0.25, -0.2) is 0 Å². The molecule has 156 valence electrons. The van der Waals surface area contributed by atoms with E-state index in [-0.39, 0.29) is 5.41 Å². The quantitative estimate of drug-likeness (QED) is 0.185. The summed E-state index contributed by atoms with van der Waals surface area (Å²) in [5, 5.41) is 10.4. The molecule has 8 rings (SSSR count). The van der Waals surface area contributed by atoms with E-state index in [1.165, 1.54) is 65.5 Å². The Labute approximate surface area is 191 Å². The predicted molar refractivity (Wildman–Crippen MR) is 135 cm³/mol. The molecule has 33 heavy (non-hydrogen) atoms. The third-order valence-electron chi connectivity index (χ3n) is 7.91. The van der Waals surface area contributed by atoms with Gasteiger partial charge >= 0.3 is 0 Å². The lowest BCUT2D eigenvalue weighted by Crippen LogP contribution is -2.42. The largest absolute Gasteiger partial charge is 0.435 e. The van der Waals surface area contributed by atoms with E-state index in [0.29, 0.717) is 6.73 Å². The van der Waals surface area contributed by atoms with E-state index in [9.17, 15) is 0 Å². The summed E-state index contributed by atoms with van der Waals surface area (Å²) >= 11 is 0. The zero-order valence-electron chi connectivity index (χ0n) is 18.6. The van der Waals surface area contributed by atoms with Crippen molar-refractivity contribution in [3.63, 3.8) is 0 Å². The summed E-state index contributed by atoms with van der Waals surface area (Å²) in [6.07, 6.45) is 2.30. The maximum absolute atomic E-state index is 6.44. The minimum atomic E-state index is -0.140. The molecule has 0 bridgehead atoms. The fourth-order valence-electron chi connectivity index (χ4n) is 6.54. The summed E-state index contributed by atoms with van der Waals surface area (Å²) in [4.78, 5) is 0. The van der Waals surface area contributed by atoms with Gasteiger partial charge in [-0.15, -0.1) is 0 Å². The van der Waals surface area contributed by atoms with Crippen LogP contribution in [0.3, 0.4) is 0 Å². The van der Waals surface area contributed by atoms with Gasteiger partial charge in [0.05, 0.1) is 10.9 Å².